The molecular weight excluding hydrogens is 199 g/mol. The standard InChI is InChI=1S/C11H16ClP/c1-7-4-8(2)11(12)6-10(7)5-9(3)13/h4,10,13H,5-6H2,1-3H3/t10-/m0/s1. The summed E-state index contributed by atoms with van der Waals surface area (Å²) >= 11 is 6.12. The van der Waals surface area contributed by atoms with Crippen LogP contribution in [0.15, 0.2) is 22.3 Å². The lowest BCUT2D eigenvalue weighted by Gasteiger charge is -2.22. The summed E-state index contributed by atoms with van der Waals surface area (Å²) in [5, 5.41) is 2.31. The Bertz CT molecular complexity index is 286. The normalized spacial score (nSPS) is 23.1. The maximum absolute atomic E-state index is 6.12. The summed E-state index contributed by atoms with van der Waals surface area (Å²) in [6.07, 6.45) is 4.28. The molecule has 1 aliphatic rings. The Morgan fingerprint density at radius 3 is 2.77 bits per heavy atom. The summed E-state index contributed by atoms with van der Waals surface area (Å²) in [5.41, 5.74) is 2.67. The zero-order valence-electron chi connectivity index (χ0n) is 8.45. The molecule has 0 unspecified atom stereocenters. The van der Waals surface area contributed by atoms with Gasteiger partial charge in [0, 0.05) is 5.03 Å². The van der Waals surface area contributed by atoms with Gasteiger partial charge in [-0.25, -0.2) is 0 Å². The first kappa shape index (κ1) is 11.0. The van der Waals surface area contributed by atoms with E-state index in [4.69, 9.17) is 11.6 Å². The number of halogens is 1. The van der Waals surface area contributed by atoms with Crippen molar-refractivity contribution in [3.05, 3.63) is 22.3 Å². The molecule has 2 heteroatoms. The molecule has 1 rings (SSSR count). The molecule has 0 N–H and O–H groups in total. The zero-order valence-corrected chi connectivity index (χ0v) is 10.2. The molecule has 1 atom stereocenters. The molecule has 0 aliphatic heterocycles. The van der Waals surface area contributed by atoms with Crippen molar-refractivity contribution >= 4 is 25.8 Å². The van der Waals surface area contributed by atoms with Gasteiger partial charge in [0.25, 0.3) is 0 Å². The lowest BCUT2D eigenvalue weighted by molar-refractivity contribution is 0.634. The molecule has 0 aromatic carbocycles. The Kier molecular flexibility index (Phi) is 3.76. The van der Waals surface area contributed by atoms with Crippen molar-refractivity contribution in [1.29, 1.82) is 0 Å². The Morgan fingerprint density at radius 2 is 2.23 bits per heavy atom. The summed E-state index contributed by atoms with van der Waals surface area (Å²) in [6.45, 7) is 6.36. The van der Waals surface area contributed by atoms with Crippen LogP contribution in [0, 0.1) is 5.92 Å². The van der Waals surface area contributed by atoms with Gasteiger partial charge in [0.2, 0.25) is 0 Å². The molecule has 0 saturated heterocycles. The molecule has 0 radical (unpaired) electrons. The van der Waals surface area contributed by atoms with Gasteiger partial charge in [-0.2, -0.15) is 0 Å². The topological polar surface area (TPSA) is 0 Å². The second kappa shape index (κ2) is 4.44. The summed E-state index contributed by atoms with van der Waals surface area (Å²) in [7, 11) is 3.55. The fraction of sp³-hybridized carbons (Fsp3) is 0.545. The van der Waals surface area contributed by atoms with Crippen LogP contribution in [0.3, 0.4) is 0 Å². The average Bonchev–Trinajstić information content (AvgIpc) is 1.99. The Labute approximate surface area is 87.9 Å². The fourth-order valence-corrected chi connectivity index (χ4v) is 2.17. The van der Waals surface area contributed by atoms with E-state index < -0.39 is 0 Å². The molecule has 0 aromatic rings. The van der Waals surface area contributed by atoms with E-state index in [1.165, 1.54) is 16.4 Å². The van der Waals surface area contributed by atoms with E-state index >= 15 is 0 Å². The monoisotopic (exact) mass is 214 g/mol. The van der Waals surface area contributed by atoms with Crippen LogP contribution >= 0.6 is 20.5 Å². The number of hydrogen-bond donors (Lipinski definition) is 0. The number of rotatable bonds is 2. The van der Waals surface area contributed by atoms with Crippen molar-refractivity contribution in [3.63, 3.8) is 0 Å². The molecule has 0 saturated carbocycles. The molecule has 1 aliphatic carbocycles. The molecule has 72 valence electrons. The largest absolute Gasteiger partial charge is 0.123 e. The van der Waals surface area contributed by atoms with Gasteiger partial charge in [-0.05, 0) is 45.1 Å². The van der Waals surface area contributed by atoms with Gasteiger partial charge in [-0.1, -0.05) is 28.5 Å². The van der Waals surface area contributed by atoms with Crippen molar-refractivity contribution in [2.45, 2.75) is 33.6 Å². The quantitative estimate of drug-likeness (QED) is 0.605. The lowest BCUT2D eigenvalue weighted by Crippen LogP contribution is -2.10. The van der Waals surface area contributed by atoms with E-state index in [9.17, 15) is 0 Å². The maximum atomic E-state index is 6.12. The van der Waals surface area contributed by atoms with Crippen molar-refractivity contribution in [3.8, 4) is 0 Å². The molecule has 0 amide bonds. The van der Waals surface area contributed by atoms with Gasteiger partial charge in [0.05, 0.1) is 0 Å². The highest BCUT2D eigenvalue weighted by atomic mass is 35.5. The second-order valence-electron chi connectivity index (χ2n) is 3.86. The van der Waals surface area contributed by atoms with Crippen LogP contribution in [0.4, 0.5) is 0 Å². The summed E-state index contributed by atoms with van der Waals surface area (Å²) in [4.78, 5) is 0. The van der Waals surface area contributed by atoms with E-state index in [0.717, 1.165) is 17.9 Å². The highest BCUT2D eigenvalue weighted by Gasteiger charge is 2.17. The van der Waals surface area contributed by atoms with E-state index in [1.807, 2.05) is 0 Å². The van der Waals surface area contributed by atoms with Crippen molar-refractivity contribution in [2.75, 3.05) is 0 Å². The van der Waals surface area contributed by atoms with Crippen molar-refractivity contribution in [1.82, 2.24) is 0 Å². The SMILES string of the molecule is CC(=P)C[C@H]1CC(Cl)=C(C)C=C1C. The Hall–Kier alpha value is -0.0600. The van der Waals surface area contributed by atoms with Gasteiger partial charge in [-0.3, -0.25) is 0 Å². The van der Waals surface area contributed by atoms with E-state index in [2.05, 4.69) is 35.7 Å². The van der Waals surface area contributed by atoms with Crippen LogP contribution in [-0.4, -0.2) is 5.29 Å². The first-order valence-corrected chi connectivity index (χ1v) is 5.46. The van der Waals surface area contributed by atoms with Gasteiger partial charge in [0.1, 0.15) is 0 Å². The van der Waals surface area contributed by atoms with Crippen LogP contribution in [0.2, 0.25) is 0 Å². The van der Waals surface area contributed by atoms with Crippen LogP contribution < -0.4 is 0 Å². The maximum Gasteiger partial charge on any atom is 0.0216 e. The average molecular weight is 215 g/mol. The Balaban J connectivity index is 2.75. The van der Waals surface area contributed by atoms with E-state index in [0.29, 0.717) is 5.92 Å². The number of hydrogen-bond acceptors (Lipinski definition) is 0. The predicted molar refractivity (Wildman–Crippen MR) is 64.0 cm³/mol. The fourth-order valence-electron chi connectivity index (χ4n) is 1.68. The van der Waals surface area contributed by atoms with Crippen molar-refractivity contribution in [2.24, 2.45) is 5.92 Å². The molecule has 13 heavy (non-hydrogen) atoms. The molecule has 0 nitrogen and oxygen atoms in total. The number of allylic oxidation sites excluding steroid dienone is 4. The summed E-state index contributed by atoms with van der Waals surface area (Å²) in [5.74, 6) is 0.591. The van der Waals surface area contributed by atoms with Gasteiger partial charge >= 0.3 is 0 Å². The summed E-state index contributed by atoms with van der Waals surface area (Å²) < 4.78 is 0. The smallest absolute Gasteiger partial charge is 0.0216 e. The highest BCUT2D eigenvalue weighted by molar-refractivity contribution is 7.20. The minimum atomic E-state index is 0.591. The zero-order chi connectivity index (χ0) is 10.0. The second-order valence-corrected chi connectivity index (χ2v) is 5.17. The van der Waals surface area contributed by atoms with Crippen LogP contribution in [0.25, 0.3) is 0 Å². The van der Waals surface area contributed by atoms with Crippen LogP contribution in [-0.2, 0) is 0 Å². The van der Waals surface area contributed by atoms with E-state index in [-0.39, 0.29) is 0 Å². The highest BCUT2D eigenvalue weighted by Crippen LogP contribution is 2.33. The molecular formula is C11H16ClP. The lowest BCUT2D eigenvalue weighted by atomic mass is 9.86. The first-order valence-electron chi connectivity index (χ1n) is 4.58. The third-order valence-electron chi connectivity index (χ3n) is 2.49. The molecule has 0 spiro atoms. The Morgan fingerprint density at radius 1 is 1.62 bits per heavy atom. The third-order valence-corrected chi connectivity index (χ3v) is 3.15. The molecule has 0 heterocycles. The van der Waals surface area contributed by atoms with Crippen molar-refractivity contribution < 1.29 is 0 Å². The minimum Gasteiger partial charge on any atom is -0.123 e. The molecule has 0 bridgehead atoms. The summed E-state index contributed by atoms with van der Waals surface area (Å²) in [6, 6.07) is 0. The molecule has 0 aromatic heterocycles. The van der Waals surface area contributed by atoms with Crippen LogP contribution in [0.1, 0.15) is 33.6 Å². The van der Waals surface area contributed by atoms with E-state index in [1.54, 1.807) is 0 Å². The van der Waals surface area contributed by atoms with Gasteiger partial charge < -0.3 is 0 Å². The van der Waals surface area contributed by atoms with Crippen LogP contribution in [0.5, 0.6) is 0 Å². The predicted octanol–water partition coefficient (Wildman–Crippen LogP) is 4.19. The van der Waals surface area contributed by atoms with Gasteiger partial charge in [-0.15, -0.1) is 8.86 Å². The minimum absolute atomic E-state index is 0.591. The van der Waals surface area contributed by atoms with Gasteiger partial charge in [0.15, 0.2) is 0 Å². The molecule has 0 fully saturated rings. The first-order chi connectivity index (χ1) is 6.00. The third kappa shape index (κ3) is 2.97.